The zero-order valence-corrected chi connectivity index (χ0v) is 15.7. The second kappa shape index (κ2) is 8.34. The van der Waals surface area contributed by atoms with Crippen molar-refractivity contribution in [1.29, 1.82) is 0 Å². The zero-order valence-electron chi connectivity index (χ0n) is 12.0. The number of methoxy groups -OCH3 is 1. The van der Waals surface area contributed by atoms with E-state index >= 15 is 0 Å². The van der Waals surface area contributed by atoms with E-state index in [-0.39, 0.29) is 5.97 Å². The van der Waals surface area contributed by atoms with Crippen LogP contribution < -0.4 is 0 Å². The van der Waals surface area contributed by atoms with E-state index in [0.717, 1.165) is 14.5 Å². The van der Waals surface area contributed by atoms with Gasteiger partial charge in [0, 0.05) is 15.5 Å². The van der Waals surface area contributed by atoms with Crippen molar-refractivity contribution in [3.8, 4) is 0 Å². The zero-order chi connectivity index (χ0) is 15.2. The predicted octanol–water partition coefficient (Wildman–Crippen LogP) is 3.77. The molecule has 0 amide bonds. The van der Waals surface area contributed by atoms with Crippen molar-refractivity contribution in [2.24, 2.45) is 5.92 Å². The fraction of sp³-hybridized carbons (Fsp3) is 0.533. The Hall–Kier alpha value is -0.140. The molecule has 0 N–H and O–H groups in total. The number of rotatable bonds is 7. The monoisotopic (exact) mass is 454 g/mol. The molecule has 0 fully saturated rings. The molecule has 3 nitrogen and oxygen atoms in total. The topological polar surface area (TPSA) is 35.5 Å². The Balaban J connectivity index is 2.90. The molecule has 112 valence electrons. The average molecular weight is 455 g/mol. The summed E-state index contributed by atoms with van der Waals surface area (Å²) in [5.74, 6) is 0.138. The lowest BCUT2D eigenvalue weighted by Gasteiger charge is -2.27. The standard InChI is InChI=1S/C15H20BrIO3/c1-11(8-16)9-20-10-15(2,14(18)19-3)12-5-4-6-13(17)7-12/h4-7,11H,8-10H2,1-3H3. The van der Waals surface area contributed by atoms with Crippen molar-refractivity contribution < 1.29 is 14.3 Å². The highest BCUT2D eigenvalue weighted by molar-refractivity contribution is 14.1. The van der Waals surface area contributed by atoms with Crippen LogP contribution in [-0.2, 0) is 19.7 Å². The van der Waals surface area contributed by atoms with Gasteiger partial charge in [-0.05, 0) is 53.1 Å². The van der Waals surface area contributed by atoms with Crippen molar-refractivity contribution in [3.63, 3.8) is 0 Å². The van der Waals surface area contributed by atoms with Gasteiger partial charge in [0.05, 0.1) is 13.7 Å². The summed E-state index contributed by atoms with van der Waals surface area (Å²) in [5, 5.41) is 0.880. The van der Waals surface area contributed by atoms with E-state index in [1.165, 1.54) is 7.11 Å². The largest absolute Gasteiger partial charge is 0.468 e. The molecule has 0 spiro atoms. The van der Waals surface area contributed by atoms with E-state index < -0.39 is 5.41 Å². The van der Waals surface area contributed by atoms with E-state index in [0.29, 0.717) is 19.1 Å². The number of carbonyl (C=O) groups excluding carboxylic acids is 1. The number of hydrogen-bond donors (Lipinski definition) is 0. The molecule has 0 aliphatic rings. The molecule has 0 saturated carbocycles. The first-order valence-electron chi connectivity index (χ1n) is 6.42. The SMILES string of the molecule is COC(=O)C(C)(COCC(C)CBr)c1cccc(I)c1. The van der Waals surface area contributed by atoms with Gasteiger partial charge in [-0.1, -0.05) is 35.0 Å². The molecule has 0 aliphatic carbocycles. The van der Waals surface area contributed by atoms with Gasteiger partial charge in [-0.3, -0.25) is 4.79 Å². The van der Waals surface area contributed by atoms with Gasteiger partial charge in [-0.2, -0.15) is 0 Å². The number of halogens is 2. The van der Waals surface area contributed by atoms with Crippen LogP contribution >= 0.6 is 38.5 Å². The van der Waals surface area contributed by atoms with E-state index in [1.807, 2.05) is 31.2 Å². The molecule has 5 heteroatoms. The second-order valence-corrected chi connectivity index (χ2v) is 7.00. The van der Waals surface area contributed by atoms with Crippen LogP contribution in [0.1, 0.15) is 19.4 Å². The summed E-state index contributed by atoms with van der Waals surface area (Å²) >= 11 is 5.66. The molecular weight excluding hydrogens is 435 g/mol. The number of carbonyl (C=O) groups is 1. The number of benzene rings is 1. The number of esters is 1. The third kappa shape index (κ3) is 4.70. The van der Waals surface area contributed by atoms with Crippen LogP contribution in [0.2, 0.25) is 0 Å². The average Bonchev–Trinajstić information content (AvgIpc) is 2.45. The van der Waals surface area contributed by atoms with Gasteiger partial charge in [0.25, 0.3) is 0 Å². The third-order valence-electron chi connectivity index (χ3n) is 3.15. The summed E-state index contributed by atoms with van der Waals surface area (Å²) in [6, 6.07) is 7.88. The fourth-order valence-corrected chi connectivity index (χ4v) is 2.56. The minimum absolute atomic E-state index is 0.272. The summed E-state index contributed by atoms with van der Waals surface area (Å²) in [6.45, 7) is 4.89. The molecule has 2 atom stereocenters. The smallest absolute Gasteiger partial charge is 0.318 e. The summed E-state index contributed by atoms with van der Waals surface area (Å²) in [6.07, 6.45) is 0. The number of alkyl halides is 1. The Kier molecular flexibility index (Phi) is 7.47. The Morgan fingerprint density at radius 3 is 2.75 bits per heavy atom. The van der Waals surface area contributed by atoms with Crippen LogP contribution in [0.3, 0.4) is 0 Å². The minimum Gasteiger partial charge on any atom is -0.468 e. The molecule has 1 rings (SSSR count). The summed E-state index contributed by atoms with van der Waals surface area (Å²) < 4.78 is 11.8. The van der Waals surface area contributed by atoms with Crippen LogP contribution in [0, 0.1) is 9.49 Å². The highest BCUT2D eigenvalue weighted by Crippen LogP contribution is 2.27. The van der Waals surface area contributed by atoms with E-state index in [4.69, 9.17) is 9.47 Å². The van der Waals surface area contributed by atoms with Gasteiger partial charge in [0.1, 0.15) is 5.41 Å². The summed E-state index contributed by atoms with van der Waals surface area (Å²) in [7, 11) is 1.41. The quantitative estimate of drug-likeness (QED) is 0.357. The van der Waals surface area contributed by atoms with E-state index in [2.05, 4.69) is 45.4 Å². The van der Waals surface area contributed by atoms with Crippen molar-refractivity contribution in [2.75, 3.05) is 25.7 Å². The lowest BCUT2D eigenvalue weighted by Crippen LogP contribution is -2.39. The lowest BCUT2D eigenvalue weighted by molar-refractivity contribution is -0.149. The molecule has 0 saturated heterocycles. The van der Waals surface area contributed by atoms with Crippen LogP contribution in [0.4, 0.5) is 0 Å². The van der Waals surface area contributed by atoms with Crippen LogP contribution in [0.25, 0.3) is 0 Å². The van der Waals surface area contributed by atoms with E-state index in [1.54, 1.807) is 0 Å². The number of ether oxygens (including phenoxy) is 2. The molecule has 0 aromatic heterocycles. The van der Waals surface area contributed by atoms with Crippen molar-refractivity contribution in [3.05, 3.63) is 33.4 Å². The first-order valence-corrected chi connectivity index (χ1v) is 8.62. The molecular formula is C15H20BrIO3. The normalized spacial score (nSPS) is 15.4. The molecule has 2 unspecified atom stereocenters. The van der Waals surface area contributed by atoms with Crippen molar-refractivity contribution in [1.82, 2.24) is 0 Å². The van der Waals surface area contributed by atoms with Crippen LogP contribution in [0.5, 0.6) is 0 Å². The van der Waals surface area contributed by atoms with Crippen LogP contribution in [0.15, 0.2) is 24.3 Å². The van der Waals surface area contributed by atoms with Crippen molar-refractivity contribution >= 4 is 44.5 Å². The molecule has 0 bridgehead atoms. The van der Waals surface area contributed by atoms with Gasteiger partial charge in [-0.25, -0.2) is 0 Å². The highest BCUT2D eigenvalue weighted by atomic mass is 127. The van der Waals surface area contributed by atoms with Crippen molar-refractivity contribution in [2.45, 2.75) is 19.3 Å². The van der Waals surface area contributed by atoms with Gasteiger partial charge in [0.15, 0.2) is 0 Å². The maximum atomic E-state index is 12.2. The number of hydrogen-bond acceptors (Lipinski definition) is 3. The molecule has 20 heavy (non-hydrogen) atoms. The van der Waals surface area contributed by atoms with E-state index in [9.17, 15) is 4.79 Å². The maximum absolute atomic E-state index is 12.2. The third-order valence-corrected chi connectivity index (χ3v) is 4.93. The van der Waals surface area contributed by atoms with Gasteiger partial charge in [0.2, 0.25) is 0 Å². The fourth-order valence-electron chi connectivity index (χ4n) is 1.83. The lowest BCUT2D eigenvalue weighted by atomic mass is 9.83. The minimum atomic E-state index is -0.776. The second-order valence-electron chi connectivity index (χ2n) is 5.11. The first kappa shape index (κ1) is 17.9. The summed E-state index contributed by atoms with van der Waals surface area (Å²) in [4.78, 5) is 12.2. The Morgan fingerprint density at radius 2 is 2.20 bits per heavy atom. The maximum Gasteiger partial charge on any atom is 0.318 e. The molecule has 1 aromatic carbocycles. The van der Waals surface area contributed by atoms with Gasteiger partial charge in [-0.15, -0.1) is 0 Å². The predicted molar refractivity (Wildman–Crippen MR) is 92.3 cm³/mol. The Morgan fingerprint density at radius 1 is 1.50 bits per heavy atom. The van der Waals surface area contributed by atoms with Gasteiger partial charge < -0.3 is 9.47 Å². The Labute approximate surface area is 142 Å². The molecule has 1 aromatic rings. The van der Waals surface area contributed by atoms with Gasteiger partial charge >= 0.3 is 5.97 Å². The molecule has 0 radical (unpaired) electrons. The molecule has 0 aliphatic heterocycles. The first-order chi connectivity index (χ1) is 9.43. The Bertz CT molecular complexity index is 452. The molecule has 0 heterocycles. The summed E-state index contributed by atoms with van der Waals surface area (Å²) in [5.41, 5.74) is 0.143. The highest BCUT2D eigenvalue weighted by Gasteiger charge is 2.37. The van der Waals surface area contributed by atoms with Crippen LogP contribution in [-0.4, -0.2) is 31.6 Å².